The fourth-order valence-electron chi connectivity index (χ4n) is 4.05. The molecule has 0 spiro atoms. The van der Waals surface area contributed by atoms with E-state index in [9.17, 15) is 9.59 Å². The van der Waals surface area contributed by atoms with Gasteiger partial charge in [-0.3, -0.25) is 19.5 Å². The van der Waals surface area contributed by atoms with E-state index in [-0.39, 0.29) is 11.8 Å². The molecule has 0 fully saturated rings. The smallest absolute Gasteiger partial charge is 0.261 e. The van der Waals surface area contributed by atoms with E-state index in [4.69, 9.17) is 11.6 Å². The van der Waals surface area contributed by atoms with E-state index in [0.717, 1.165) is 31.8 Å². The lowest BCUT2D eigenvalue weighted by molar-refractivity contribution is 0.0610. The van der Waals surface area contributed by atoms with E-state index in [1.165, 1.54) is 4.90 Å². The van der Waals surface area contributed by atoms with Crippen molar-refractivity contribution in [3.63, 3.8) is 0 Å². The second kappa shape index (κ2) is 7.94. The van der Waals surface area contributed by atoms with Crippen molar-refractivity contribution < 1.29 is 9.59 Å². The molecule has 0 unspecified atom stereocenters. The van der Waals surface area contributed by atoms with Crippen LogP contribution in [0.3, 0.4) is 0 Å². The lowest BCUT2D eigenvalue weighted by atomic mass is 9.94. The van der Waals surface area contributed by atoms with Gasteiger partial charge in [0.15, 0.2) is 0 Å². The van der Waals surface area contributed by atoms with Gasteiger partial charge in [0, 0.05) is 56.4 Å². The standard InChI is InChI=1S/C24H17BrClN3O2/c25-19-8-7-18-22-15(19)3-1-4-17(22)23(30)29(24(18)31)12-2-10-27-20-9-11-28-21-13-14(26)5-6-16(20)21/h1,3-9,11,13H,2,10,12H2,(H,27,28). The lowest BCUT2D eigenvalue weighted by Crippen LogP contribution is -2.41. The summed E-state index contributed by atoms with van der Waals surface area (Å²) in [6, 6.07) is 16.7. The molecule has 3 aromatic carbocycles. The fraction of sp³-hybridized carbons (Fsp3) is 0.125. The molecular weight excluding hydrogens is 478 g/mol. The number of amides is 2. The molecule has 154 valence electrons. The average molecular weight is 495 g/mol. The number of nitrogens with one attached hydrogen (secondary N) is 1. The van der Waals surface area contributed by atoms with Crippen LogP contribution in [-0.2, 0) is 0 Å². The lowest BCUT2D eigenvalue weighted by Gasteiger charge is -2.27. The number of halogens is 2. The molecule has 0 saturated heterocycles. The quantitative estimate of drug-likeness (QED) is 0.277. The Morgan fingerprint density at radius 2 is 1.77 bits per heavy atom. The zero-order valence-electron chi connectivity index (χ0n) is 16.4. The number of nitrogens with zero attached hydrogens (tertiary/aromatic N) is 2. The minimum Gasteiger partial charge on any atom is -0.384 e. The monoisotopic (exact) mass is 493 g/mol. The molecular formula is C24H17BrClN3O2. The normalized spacial score (nSPS) is 13.3. The van der Waals surface area contributed by atoms with E-state index in [1.807, 2.05) is 42.5 Å². The predicted molar refractivity (Wildman–Crippen MR) is 127 cm³/mol. The second-order valence-corrected chi connectivity index (χ2v) is 8.68. The van der Waals surface area contributed by atoms with Gasteiger partial charge in [0.2, 0.25) is 0 Å². The number of rotatable bonds is 5. The Morgan fingerprint density at radius 1 is 0.968 bits per heavy atom. The summed E-state index contributed by atoms with van der Waals surface area (Å²) >= 11 is 9.56. The summed E-state index contributed by atoms with van der Waals surface area (Å²) in [4.78, 5) is 31.8. The summed E-state index contributed by atoms with van der Waals surface area (Å²) in [7, 11) is 0. The van der Waals surface area contributed by atoms with E-state index >= 15 is 0 Å². The first-order valence-electron chi connectivity index (χ1n) is 9.90. The minimum atomic E-state index is -0.245. The SMILES string of the molecule is O=C1c2cccc3c(Br)ccc(c23)C(=O)N1CCCNc1ccnc2cc(Cl)ccc12. The van der Waals surface area contributed by atoms with Crippen LogP contribution in [0.25, 0.3) is 21.7 Å². The molecule has 0 saturated carbocycles. The van der Waals surface area contributed by atoms with Gasteiger partial charge in [-0.25, -0.2) is 0 Å². The van der Waals surface area contributed by atoms with Gasteiger partial charge < -0.3 is 5.32 Å². The van der Waals surface area contributed by atoms with E-state index < -0.39 is 0 Å². The highest BCUT2D eigenvalue weighted by Gasteiger charge is 2.32. The summed E-state index contributed by atoms with van der Waals surface area (Å²) in [5, 5.41) is 6.60. The molecule has 1 N–H and O–H groups in total. The molecule has 5 rings (SSSR count). The van der Waals surface area contributed by atoms with Crippen LogP contribution in [0.15, 0.2) is 65.3 Å². The van der Waals surface area contributed by atoms with Crippen molar-refractivity contribution in [3.8, 4) is 0 Å². The maximum atomic E-state index is 13.0. The van der Waals surface area contributed by atoms with E-state index in [2.05, 4.69) is 26.2 Å². The Balaban J connectivity index is 1.32. The van der Waals surface area contributed by atoms with Crippen LogP contribution in [0, 0.1) is 0 Å². The molecule has 1 aliphatic rings. The molecule has 4 aromatic rings. The Labute approximate surface area is 192 Å². The fourth-order valence-corrected chi connectivity index (χ4v) is 4.68. The summed E-state index contributed by atoms with van der Waals surface area (Å²) < 4.78 is 0.872. The molecule has 5 nitrogen and oxygen atoms in total. The van der Waals surface area contributed by atoms with Gasteiger partial charge in [-0.05, 0) is 54.3 Å². The number of anilines is 1. The molecule has 0 atom stereocenters. The van der Waals surface area contributed by atoms with Crippen molar-refractivity contribution in [2.45, 2.75) is 6.42 Å². The van der Waals surface area contributed by atoms with Crippen LogP contribution in [-0.4, -0.2) is 34.8 Å². The molecule has 0 aliphatic carbocycles. The summed E-state index contributed by atoms with van der Waals surface area (Å²) in [6.07, 6.45) is 2.35. The summed E-state index contributed by atoms with van der Waals surface area (Å²) in [5.74, 6) is -0.490. The number of fused-ring (bicyclic) bond motifs is 1. The van der Waals surface area contributed by atoms with Gasteiger partial charge in [-0.15, -0.1) is 0 Å². The average Bonchev–Trinajstić information content (AvgIpc) is 2.77. The highest BCUT2D eigenvalue weighted by Crippen LogP contribution is 2.34. The third kappa shape index (κ3) is 3.46. The first-order chi connectivity index (χ1) is 15.0. The highest BCUT2D eigenvalue weighted by molar-refractivity contribution is 9.10. The highest BCUT2D eigenvalue weighted by atomic mass is 79.9. The van der Waals surface area contributed by atoms with Crippen molar-refractivity contribution in [2.24, 2.45) is 0 Å². The van der Waals surface area contributed by atoms with Crippen molar-refractivity contribution >= 4 is 66.7 Å². The molecule has 1 aromatic heterocycles. The maximum Gasteiger partial charge on any atom is 0.261 e. The summed E-state index contributed by atoms with van der Waals surface area (Å²) in [5.41, 5.74) is 2.89. The topological polar surface area (TPSA) is 62.3 Å². The molecule has 31 heavy (non-hydrogen) atoms. The third-order valence-electron chi connectivity index (χ3n) is 5.52. The maximum absolute atomic E-state index is 13.0. The van der Waals surface area contributed by atoms with Crippen molar-refractivity contribution in [1.29, 1.82) is 0 Å². The van der Waals surface area contributed by atoms with Gasteiger partial charge >= 0.3 is 0 Å². The van der Waals surface area contributed by atoms with Crippen LogP contribution in [0.1, 0.15) is 27.1 Å². The van der Waals surface area contributed by atoms with Crippen LogP contribution in [0.5, 0.6) is 0 Å². The minimum absolute atomic E-state index is 0.245. The molecule has 7 heteroatoms. The zero-order valence-corrected chi connectivity index (χ0v) is 18.7. The van der Waals surface area contributed by atoms with Gasteiger partial charge in [0.05, 0.1) is 5.52 Å². The predicted octanol–water partition coefficient (Wildman–Crippen LogP) is 5.90. The number of pyridine rings is 1. The number of hydrogen-bond acceptors (Lipinski definition) is 4. The van der Waals surface area contributed by atoms with Crippen LogP contribution < -0.4 is 5.32 Å². The Kier molecular flexibility index (Phi) is 5.12. The van der Waals surface area contributed by atoms with Gasteiger partial charge in [-0.1, -0.05) is 39.7 Å². The summed E-state index contributed by atoms with van der Waals surface area (Å²) in [6.45, 7) is 0.946. The Hall–Kier alpha value is -2.96. The van der Waals surface area contributed by atoms with Crippen LogP contribution >= 0.6 is 27.5 Å². The second-order valence-electron chi connectivity index (χ2n) is 7.39. The first kappa shape index (κ1) is 20.0. The van der Waals surface area contributed by atoms with Gasteiger partial charge in [0.1, 0.15) is 0 Å². The molecule has 0 radical (unpaired) electrons. The Morgan fingerprint density at radius 3 is 2.61 bits per heavy atom. The van der Waals surface area contributed by atoms with Gasteiger partial charge in [0.25, 0.3) is 11.8 Å². The molecule has 1 aliphatic heterocycles. The first-order valence-corrected chi connectivity index (χ1v) is 11.1. The molecule has 2 amide bonds. The van der Waals surface area contributed by atoms with Crippen molar-refractivity contribution in [2.75, 3.05) is 18.4 Å². The third-order valence-corrected chi connectivity index (χ3v) is 6.44. The number of aromatic nitrogens is 1. The number of imide groups is 1. The largest absolute Gasteiger partial charge is 0.384 e. The molecule has 0 bridgehead atoms. The van der Waals surface area contributed by atoms with E-state index in [0.29, 0.717) is 35.7 Å². The number of carbonyl (C=O) groups is 2. The van der Waals surface area contributed by atoms with Gasteiger partial charge in [-0.2, -0.15) is 0 Å². The Bertz CT molecular complexity index is 1350. The number of carbonyl (C=O) groups excluding carboxylic acids is 2. The molecule has 2 heterocycles. The van der Waals surface area contributed by atoms with Crippen LogP contribution in [0.2, 0.25) is 5.02 Å². The van der Waals surface area contributed by atoms with Crippen molar-refractivity contribution in [3.05, 3.63) is 81.4 Å². The number of benzene rings is 3. The van der Waals surface area contributed by atoms with Crippen molar-refractivity contribution in [1.82, 2.24) is 9.88 Å². The van der Waals surface area contributed by atoms with E-state index in [1.54, 1.807) is 18.3 Å². The zero-order chi connectivity index (χ0) is 21.5. The number of hydrogen-bond donors (Lipinski definition) is 1. The van der Waals surface area contributed by atoms with Crippen LogP contribution in [0.4, 0.5) is 5.69 Å².